The van der Waals surface area contributed by atoms with Crippen molar-refractivity contribution in [3.05, 3.63) is 30.1 Å². The van der Waals surface area contributed by atoms with Gasteiger partial charge in [-0.15, -0.1) is 5.10 Å². The highest BCUT2D eigenvalue weighted by atomic mass is 16.2. The molecule has 0 saturated carbocycles. The number of nitrogens with two attached hydrogens (primary N) is 1. The monoisotopic (exact) mass is 249 g/mol. The number of nitrogens with zero attached hydrogens (tertiary/aromatic N) is 4. The van der Waals surface area contributed by atoms with Gasteiger partial charge in [0.1, 0.15) is 5.82 Å². The van der Waals surface area contributed by atoms with Gasteiger partial charge in [0.25, 0.3) is 5.91 Å². The van der Waals surface area contributed by atoms with Crippen LogP contribution in [0.25, 0.3) is 0 Å². The van der Waals surface area contributed by atoms with Crippen molar-refractivity contribution < 1.29 is 4.79 Å². The summed E-state index contributed by atoms with van der Waals surface area (Å²) in [6.07, 6.45) is 4.90. The van der Waals surface area contributed by atoms with Crippen molar-refractivity contribution in [2.45, 2.75) is 19.5 Å². The SMILES string of the molecule is CC(NC(=O)c1cn(CCN)nn1)c1ncc[nH]1. The van der Waals surface area contributed by atoms with Gasteiger partial charge < -0.3 is 16.0 Å². The molecule has 0 aliphatic carbocycles. The van der Waals surface area contributed by atoms with Gasteiger partial charge in [0.05, 0.1) is 18.8 Å². The molecule has 0 aliphatic heterocycles. The molecule has 4 N–H and O–H groups in total. The van der Waals surface area contributed by atoms with Gasteiger partial charge in [-0.25, -0.2) is 4.98 Å². The predicted molar refractivity (Wildman–Crippen MR) is 63.5 cm³/mol. The molecule has 2 aromatic rings. The van der Waals surface area contributed by atoms with Crippen molar-refractivity contribution in [3.8, 4) is 0 Å². The Hall–Kier alpha value is -2.22. The van der Waals surface area contributed by atoms with Crippen LogP contribution in [0.2, 0.25) is 0 Å². The van der Waals surface area contributed by atoms with E-state index in [9.17, 15) is 4.79 Å². The summed E-state index contributed by atoms with van der Waals surface area (Å²) in [5, 5.41) is 10.4. The summed E-state index contributed by atoms with van der Waals surface area (Å²) < 4.78 is 1.53. The Morgan fingerprint density at radius 2 is 2.50 bits per heavy atom. The van der Waals surface area contributed by atoms with E-state index >= 15 is 0 Å². The number of carbonyl (C=O) groups excluding carboxylic acids is 1. The Labute approximate surface area is 104 Å². The molecule has 18 heavy (non-hydrogen) atoms. The summed E-state index contributed by atoms with van der Waals surface area (Å²) in [6, 6.07) is -0.216. The molecule has 8 nitrogen and oxygen atoms in total. The number of rotatable bonds is 5. The van der Waals surface area contributed by atoms with Gasteiger partial charge in [-0.2, -0.15) is 0 Å². The lowest BCUT2D eigenvalue weighted by Gasteiger charge is -2.09. The van der Waals surface area contributed by atoms with Crippen molar-refractivity contribution in [2.24, 2.45) is 5.73 Å². The van der Waals surface area contributed by atoms with Gasteiger partial charge >= 0.3 is 0 Å². The van der Waals surface area contributed by atoms with Crippen LogP contribution in [0.15, 0.2) is 18.6 Å². The summed E-state index contributed by atoms with van der Waals surface area (Å²) in [7, 11) is 0. The number of aromatic nitrogens is 5. The number of hydrogen-bond acceptors (Lipinski definition) is 5. The molecule has 0 fully saturated rings. The number of amides is 1. The van der Waals surface area contributed by atoms with Gasteiger partial charge in [-0.1, -0.05) is 5.21 Å². The average molecular weight is 249 g/mol. The molecule has 2 rings (SSSR count). The van der Waals surface area contributed by atoms with E-state index in [1.165, 1.54) is 4.68 Å². The fourth-order valence-corrected chi connectivity index (χ4v) is 1.50. The molecule has 1 unspecified atom stereocenters. The largest absolute Gasteiger partial charge is 0.347 e. The third kappa shape index (κ3) is 2.72. The Balaban J connectivity index is 1.98. The Kier molecular flexibility index (Phi) is 3.68. The second-order valence-corrected chi connectivity index (χ2v) is 3.83. The lowest BCUT2D eigenvalue weighted by atomic mass is 10.3. The lowest BCUT2D eigenvalue weighted by molar-refractivity contribution is 0.0933. The quantitative estimate of drug-likeness (QED) is 0.657. The van der Waals surface area contributed by atoms with E-state index < -0.39 is 0 Å². The van der Waals surface area contributed by atoms with Gasteiger partial charge in [-0.05, 0) is 6.92 Å². The minimum Gasteiger partial charge on any atom is -0.347 e. The molecule has 2 aromatic heterocycles. The standard InChI is InChI=1S/C10H15N7O/c1-7(9-12-3-4-13-9)14-10(18)8-6-17(5-2-11)16-15-8/h3-4,6-7H,2,5,11H2,1H3,(H,12,13)(H,14,18). The predicted octanol–water partition coefficient (Wildman–Crippen LogP) is -0.549. The second-order valence-electron chi connectivity index (χ2n) is 3.83. The van der Waals surface area contributed by atoms with E-state index in [0.29, 0.717) is 18.9 Å². The average Bonchev–Trinajstić information content (AvgIpc) is 3.00. The summed E-state index contributed by atoms with van der Waals surface area (Å²) in [4.78, 5) is 18.9. The minimum absolute atomic E-state index is 0.216. The zero-order chi connectivity index (χ0) is 13.0. The first-order valence-electron chi connectivity index (χ1n) is 5.61. The summed E-state index contributed by atoms with van der Waals surface area (Å²) >= 11 is 0. The zero-order valence-electron chi connectivity index (χ0n) is 10.00. The van der Waals surface area contributed by atoms with Crippen molar-refractivity contribution in [2.75, 3.05) is 6.54 Å². The maximum Gasteiger partial charge on any atom is 0.274 e. The number of carbonyl (C=O) groups is 1. The summed E-state index contributed by atoms with van der Waals surface area (Å²) in [5.74, 6) is 0.403. The highest BCUT2D eigenvalue weighted by molar-refractivity contribution is 5.92. The minimum atomic E-state index is -0.290. The maximum absolute atomic E-state index is 11.9. The molecular formula is C10H15N7O. The van der Waals surface area contributed by atoms with Crippen LogP contribution < -0.4 is 11.1 Å². The molecule has 96 valence electrons. The van der Waals surface area contributed by atoms with Crippen LogP contribution in [0.4, 0.5) is 0 Å². The van der Waals surface area contributed by atoms with Crippen LogP contribution in [-0.2, 0) is 6.54 Å². The normalized spacial score (nSPS) is 12.3. The first-order chi connectivity index (χ1) is 8.70. The first-order valence-corrected chi connectivity index (χ1v) is 5.61. The third-order valence-corrected chi connectivity index (χ3v) is 2.41. The zero-order valence-corrected chi connectivity index (χ0v) is 10.00. The molecule has 0 bridgehead atoms. The number of nitrogens with one attached hydrogen (secondary N) is 2. The molecular weight excluding hydrogens is 234 g/mol. The highest BCUT2D eigenvalue weighted by Crippen LogP contribution is 2.06. The highest BCUT2D eigenvalue weighted by Gasteiger charge is 2.15. The van der Waals surface area contributed by atoms with Crippen molar-refractivity contribution in [3.63, 3.8) is 0 Å². The van der Waals surface area contributed by atoms with Gasteiger partial charge in [0, 0.05) is 18.9 Å². The smallest absolute Gasteiger partial charge is 0.274 e. The van der Waals surface area contributed by atoms with Crippen LogP contribution >= 0.6 is 0 Å². The summed E-state index contributed by atoms with van der Waals surface area (Å²) in [5.41, 5.74) is 5.65. The van der Waals surface area contributed by atoms with Gasteiger partial charge in [-0.3, -0.25) is 9.48 Å². The topological polar surface area (TPSA) is 115 Å². The van der Waals surface area contributed by atoms with Crippen LogP contribution in [0.1, 0.15) is 29.3 Å². The fraction of sp³-hybridized carbons (Fsp3) is 0.400. The maximum atomic E-state index is 11.9. The van der Waals surface area contributed by atoms with E-state index in [1.807, 2.05) is 6.92 Å². The van der Waals surface area contributed by atoms with Crippen molar-refractivity contribution in [1.82, 2.24) is 30.3 Å². The van der Waals surface area contributed by atoms with E-state index in [2.05, 4.69) is 25.6 Å². The number of H-pyrrole nitrogens is 1. The van der Waals surface area contributed by atoms with Crippen molar-refractivity contribution >= 4 is 5.91 Å². The van der Waals surface area contributed by atoms with Crippen LogP contribution in [0.3, 0.4) is 0 Å². The molecule has 8 heteroatoms. The lowest BCUT2D eigenvalue weighted by Crippen LogP contribution is -2.27. The van der Waals surface area contributed by atoms with Gasteiger partial charge in [0.2, 0.25) is 0 Å². The molecule has 0 aliphatic rings. The van der Waals surface area contributed by atoms with E-state index in [1.54, 1.807) is 18.6 Å². The third-order valence-electron chi connectivity index (χ3n) is 2.41. The summed E-state index contributed by atoms with van der Waals surface area (Å²) in [6.45, 7) is 2.82. The number of hydrogen-bond donors (Lipinski definition) is 3. The molecule has 0 saturated heterocycles. The Morgan fingerprint density at radius 1 is 1.67 bits per heavy atom. The van der Waals surface area contributed by atoms with E-state index in [0.717, 1.165) is 0 Å². The molecule has 2 heterocycles. The van der Waals surface area contributed by atoms with E-state index in [-0.39, 0.29) is 17.6 Å². The fourth-order valence-electron chi connectivity index (χ4n) is 1.50. The van der Waals surface area contributed by atoms with Crippen LogP contribution in [0, 0.1) is 0 Å². The van der Waals surface area contributed by atoms with Gasteiger partial charge in [0.15, 0.2) is 5.69 Å². The van der Waals surface area contributed by atoms with Crippen LogP contribution in [-0.4, -0.2) is 37.4 Å². The molecule has 0 radical (unpaired) electrons. The first kappa shape index (κ1) is 12.2. The molecule has 1 amide bonds. The Morgan fingerprint density at radius 3 is 3.17 bits per heavy atom. The number of imidazole rings is 1. The van der Waals surface area contributed by atoms with Crippen molar-refractivity contribution in [1.29, 1.82) is 0 Å². The Bertz CT molecular complexity index is 504. The molecule has 0 spiro atoms. The van der Waals surface area contributed by atoms with E-state index in [4.69, 9.17) is 5.73 Å². The molecule has 0 aromatic carbocycles. The molecule has 1 atom stereocenters. The number of aromatic amines is 1. The second kappa shape index (κ2) is 5.41. The van der Waals surface area contributed by atoms with Crippen LogP contribution in [0.5, 0.6) is 0 Å².